The minimum absolute atomic E-state index is 0.127. The van der Waals surface area contributed by atoms with Gasteiger partial charge >= 0.3 is 0 Å². The van der Waals surface area contributed by atoms with E-state index in [4.69, 9.17) is 0 Å². The van der Waals surface area contributed by atoms with Crippen LogP contribution in [-0.2, 0) is 6.42 Å². The minimum atomic E-state index is -0.282. The summed E-state index contributed by atoms with van der Waals surface area (Å²) in [6, 6.07) is 3.21. The van der Waals surface area contributed by atoms with Gasteiger partial charge in [0.1, 0.15) is 5.82 Å². The number of H-pyrrole nitrogens is 1. The van der Waals surface area contributed by atoms with Crippen LogP contribution in [0.25, 0.3) is 3.58 Å². The zero-order valence-electron chi connectivity index (χ0n) is 12.4. The predicted octanol–water partition coefficient (Wildman–Crippen LogP) is 4.40. The van der Waals surface area contributed by atoms with Gasteiger partial charge in [0, 0.05) is 33.6 Å². The molecule has 0 spiro atoms. The number of hydrogen-bond donors (Lipinski definition) is 2. The molecule has 2 aromatic rings. The number of nitrogens with one attached hydrogen (secondary N) is 2. The van der Waals surface area contributed by atoms with Crippen molar-refractivity contribution in [2.75, 3.05) is 11.9 Å². The molecular formula is C17H16FIN2O. The Morgan fingerprint density at radius 3 is 2.82 bits per heavy atom. The molecule has 0 saturated heterocycles. The molecule has 3 rings (SSSR count). The number of ketones is 1. The van der Waals surface area contributed by atoms with Crippen molar-refractivity contribution in [3.63, 3.8) is 0 Å². The van der Waals surface area contributed by atoms with Crippen LogP contribution >= 0.6 is 22.6 Å². The molecule has 1 aromatic carbocycles. The molecule has 5 heteroatoms. The average molecular weight is 410 g/mol. The number of aryl methyl sites for hydroxylation is 1. The molecule has 1 aliphatic heterocycles. The van der Waals surface area contributed by atoms with Crippen LogP contribution in [0.3, 0.4) is 0 Å². The predicted molar refractivity (Wildman–Crippen MR) is 95.2 cm³/mol. The maximum atomic E-state index is 14.2. The molecule has 0 unspecified atom stereocenters. The first kappa shape index (κ1) is 15.3. The first-order valence-electron chi connectivity index (χ1n) is 7.10. The van der Waals surface area contributed by atoms with Crippen LogP contribution in [0.1, 0.15) is 32.7 Å². The fourth-order valence-corrected chi connectivity index (χ4v) is 3.60. The van der Waals surface area contributed by atoms with E-state index in [0.29, 0.717) is 14.8 Å². The largest absolute Gasteiger partial charge is 0.384 e. The highest BCUT2D eigenvalue weighted by Gasteiger charge is 2.20. The van der Waals surface area contributed by atoms with Crippen LogP contribution in [0.2, 0.25) is 0 Å². The number of aromatic nitrogens is 1. The van der Waals surface area contributed by atoms with Crippen molar-refractivity contribution < 1.29 is 9.18 Å². The molecule has 3 nitrogen and oxygen atoms in total. The summed E-state index contributed by atoms with van der Waals surface area (Å²) in [5.41, 5.74) is 5.00. The van der Waals surface area contributed by atoms with Gasteiger partial charge < -0.3 is 10.3 Å². The SMILES string of the molecule is Cc1c[nH]c(C(=O)C=C(I)c2c(F)ccc3c2CCN3)c1C. The summed E-state index contributed by atoms with van der Waals surface area (Å²) in [5, 5.41) is 3.23. The van der Waals surface area contributed by atoms with E-state index in [2.05, 4.69) is 10.3 Å². The molecule has 0 aliphatic carbocycles. The number of benzene rings is 1. The Morgan fingerprint density at radius 1 is 1.36 bits per heavy atom. The van der Waals surface area contributed by atoms with Gasteiger partial charge in [-0.2, -0.15) is 0 Å². The Morgan fingerprint density at radius 2 is 2.14 bits per heavy atom. The second kappa shape index (κ2) is 5.87. The third-order valence-electron chi connectivity index (χ3n) is 4.10. The zero-order chi connectivity index (χ0) is 15.9. The smallest absolute Gasteiger partial charge is 0.203 e. The van der Waals surface area contributed by atoms with Gasteiger partial charge in [0.25, 0.3) is 0 Å². The number of carbonyl (C=O) groups is 1. The molecule has 0 fully saturated rings. The molecule has 0 atom stereocenters. The van der Waals surface area contributed by atoms with Crippen molar-refractivity contribution in [2.45, 2.75) is 20.3 Å². The maximum Gasteiger partial charge on any atom is 0.203 e. The summed E-state index contributed by atoms with van der Waals surface area (Å²) in [7, 11) is 0. The average Bonchev–Trinajstić information content (AvgIpc) is 3.06. The van der Waals surface area contributed by atoms with Crippen molar-refractivity contribution in [2.24, 2.45) is 0 Å². The molecule has 114 valence electrons. The first-order chi connectivity index (χ1) is 10.5. The molecular weight excluding hydrogens is 394 g/mol. The Labute approximate surface area is 142 Å². The molecule has 0 radical (unpaired) electrons. The van der Waals surface area contributed by atoms with Gasteiger partial charge in [0.2, 0.25) is 5.78 Å². The van der Waals surface area contributed by atoms with Crippen LogP contribution in [0.5, 0.6) is 0 Å². The van der Waals surface area contributed by atoms with Crippen molar-refractivity contribution in [1.82, 2.24) is 4.98 Å². The molecule has 1 aromatic heterocycles. The lowest BCUT2D eigenvalue weighted by Gasteiger charge is -2.09. The number of rotatable bonds is 3. The third-order valence-corrected chi connectivity index (χ3v) is 4.95. The topological polar surface area (TPSA) is 44.9 Å². The Balaban J connectivity index is 2.01. The van der Waals surface area contributed by atoms with Crippen molar-refractivity contribution in [3.8, 4) is 0 Å². The summed E-state index contributed by atoms with van der Waals surface area (Å²) >= 11 is 2.05. The summed E-state index contributed by atoms with van der Waals surface area (Å²) < 4.78 is 14.9. The van der Waals surface area contributed by atoms with Gasteiger partial charge in [-0.25, -0.2) is 4.39 Å². The lowest BCUT2D eigenvalue weighted by Crippen LogP contribution is -2.00. The second-order valence-corrected chi connectivity index (χ2v) is 6.62. The van der Waals surface area contributed by atoms with E-state index in [1.165, 1.54) is 12.1 Å². The molecule has 0 bridgehead atoms. The highest BCUT2D eigenvalue weighted by molar-refractivity contribution is 14.1. The highest BCUT2D eigenvalue weighted by atomic mass is 127. The number of aromatic amines is 1. The molecule has 1 aliphatic rings. The highest BCUT2D eigenvalue weighted by Crippen LogP contribution is 2.35. The fourth-order valence-electron chi connectivity index (χ4n) is 2.73. The normalized spacial score (nSPS) is 13.9. The molecule has 2 heterocycles. The van der Waals surface area contributed by atoms with E-state index in [9.17, 15) is 9.18 Å². The summed E-state index contributed by atoms with van der Waals surface area (Å²) in [4.78, 5) is 15.4. The van der Waals surface area contributed by atoms with Crippen LogP contribution in [0.4, 0.5) is 10.1 Å². The van der Waals surface area contributed by atoms with E-state index in [1.54, 1.807) is 6.07 Å². The van der Waals surface area contributed by atoms with Gasteiger partial charge in [0.15, 0.2) is 0 Å². The number of allylic oxidation sites excluding steroid dienone is 1. The summed E-state index contributed by atoms with van der Waals surface area (Å²) in [6.07, 6.45) is 4.10. The maximum absolute atomic E-state index is 14.2. The van der Waals surface area contributed by atoms with Crippen molar-refractivity contribution in [3.05, 3.63) is 58.2 Å². The van der Waals surface area contributed by atoms with Crippen LogP contribution in [0, 0.1) is 19.7 Å². The van der Waals surface area contributed by atoms with E-state index in [1.807, 2.05) is 42.6 Å². The Kier molecular flexibility index (Phi) is 4.08. The monoisotopic (exact) mass is 410 g/mol. The van der Waals surface area contributed by atoms with Gasteiger partial charge in [0.05, 0.1) is 5.69 Å². The molecule has 2 N–H and O–H groups in total. The van der Waals surface area contributed by atoms with Gasteiger partial charge in [-0.15, -0.1) is 0 Å². The first-order valence-corrected chi connectivity index (χ1v) is 8.18. The molecule has 0 amide bonds. The van der Waals surface area contributed by atoms with Crippen molar-refractivity contribution >= 4 is 37.6 Å². The van der Waals surface area contributed by atoms with E-state index >= 15 is 0 Å². The van der Waals surface area contributed by atoms with Crippen LogP contribution < -0.4 is 5.32 Å². The zero-order valence-corrected chi connectivity index (χ0v) is 14.5. The van der Waals surface area contributed by atoms with Gasteiger partial charge in [-0.05, 0) is 71.7 Å². The Hall–Kier alpha value is -1.63. The summed E-state index contributed by atoms with van der Waals surface area (Å²) in [6.45, 7) is 4.66. The fraction of sp³-hybridized carbons (Fsp3) is 0.235. The summed E-state index contributed by atoms with van der Waals surface area (Å²) in [5.74, 6) is -0.409. The molecule has 0 saturated carbocycles. The number of anilines is 1. The standard InChI is InChI=1S/C17H16FIN2O/c1-9-8-21-17(10(9)2)15(22)7-13(19)16-11-5-6-20-14(11)4-3-12(16)18/h3-4,7-8,20-21H,5-6H2,1-2H3. The van der Waals surface area contributed by atoms with Crippen LogP contribution in [0.15, 0.2) is 24.4 Å². The number of fused-ring (bicyclic) bond motifs is 1. The van der Waals surface area contributed by atoms with Crippen molar-refractivity contribution in [1.29, 1.82) is 0 Å². The number of carbonyl (C=O) groups excluding carboxylic acids is 1. The lowest BCUT2D eigenvalue weighted by atomic mass is 10.0. The quantitative estimate of drug-likeness (QED) is 0.448. The lowest BCUT2D eigenvalue weighted by molar-refractivity contribution is 0.104. The Bertz CT molecular complexity index is 792. The molecule has 22 heavy (non-hydrogen) atoms. The van der Waals surface area contributed by atoms with E-state index < -0.39 is 0 Å². The van der Waals surface area contributed by atoms with Crippen LogP contribution in [-0.4, -0.2) is 17.3 Å². The minimum Gasteiger partial charge on any atom is -0.384 e. The number of hydrogen-bond acceptors (Lipinski definition) is 2. The van der Waals surface area contributed by atoms with E-state index in [0.717, 1.165) is 35.3 Å². The number of halogens is 2. The van der Waals surface area contributed by atoms with Gasteiger partial charge in [-0.3, -0.25) is 4.79 Å². The third kappa shape index (κ3) is 2.58. The van der Waals surface area contributed by atoms with Gasteiger partial charge in [-0.1, -0.05) is 0 Å². The van der Waals surface area contributed by atoms with E-state index in [-0.39, 0.29) is 11.6 Å². The second-order valence-electron chi connectivity index (χ2n) is 5.45.